The Kier molecular flexibility index (Phi) is 31.1. The van der Waals surface area contributed by atoms with Crippen molar-refractivity contribution < 1.29 is 28.7 Å². The summed E-state index contributed by atoms with van der Waals surface area (Å²) in [7, 11) is 0. The van der Waals surface area contributed by atoms with Crippen LogP contribution in [0, 0.1) is 32.5 Å². The van der Waals surface area contributed by atoms with Gasteiger partial charge in [0.05, 0.1) is 12.0 Å². The lowest BCUT2D eigenvalue weighted by Gasteiger charge is -2.23. The number of hydrogen-bond donors (Lipinski definition) is 0. The molecule has 1 aromatic heterocycles. The van der Waals surface area contributed by atoms with Crippen molar-refractivity contribution in [2.24, 2.45) is 32.5 Å². The van der Waals surface area contributed by atoms with E-state index in [9.17, 15) is 24.0 Å². The van der Waals surface area contributed by atoms with Crippen LogP contribution in [0.1, 0.15) is 198 Å². The maximum Gasteiger partial charge on any atom is 0.311 e. The van der Waals surface area contributed by atoms with Gasteiger partial charge in [-0.1, -0.05) is 292 Å². The van der Waals surface area contributed by atoms with Gasteiger partial charge in [-0.15, -0.1) is 0 Å². The predicted molar refractivity (Wildman–Crippen MR) is 356 cm³/mol. The number of benzene rings is 6. The number of nitrogens with zero attached hydrogens (tertiary/aromatic N) is 1. The number of Topliss-reactive ketones (excluding diaryl/α,β-unsaturated/α-hetero) is 4. The molecule has 0 aliphatic heterocycles. The molecule has 7 heteroatoms. The molecule has 6 aromatic carbocycles. The molecular weight excluding hydrogens is 1050 g/mol. The van der Waals surface area contributed by atoms with Crippen molar-refractivity contribution in [1.82, 2.24) is 4.98 Å². The first-order valence-corrected chi connectivity index (χ1v) is 30.1. The molecule has 0 saturated carbocycles. The van der Waals surface area contributed by atoms with Crippen LogP contribution >= 0.6 is 0 Å². The molecule has 0 fully saturated rings. The zero-order valence-corrected chi connectivity index (χ0v) is 55.1. The number of rotatable bonds is 14. The molecule has 0 amide bonds. The highest BCUT2D eigenvalue weighted by Gasteiger charge is 2.27. The normalized spacial score (nSPS) is 11.4. The zero-order valence-electron chi connectivity index (χ0n) is 55.1. The first kappa shape index (κ1) is 73.7. The highest BCUT2D eigenvalue weighted by Crippen LogP contribution is 2.32. The molecular formula is C78H103NO6. The molecule has 0 aliphatic carbocycles. The van der Waals surface area contributed by atoms with Crippen LogP contribution in [0.25, 0.3) is 0 Å². The topological polar surface area (TPSA) is 107 Å². The van der Waals surface area contributed by atoms with Crippen molar-refractivity contribution in [2.75, 3.05) is 6.61 Å². The summed E-state index contributed by atoms with van der Waals surface area (Å²) in [6, 6.07) is 66.3. The van der Waals surface area contributed by atoms with Crippen LogP contribution in [-0.4, -0.2) is 40.7 Å². The Balaban J connectivity index is 0.000000352. The Bertz CT molecular complexity index is 2800. The van der Waals surface area contributed by atoms with Crippen LogP contribution in [0.5, 0.6) is 0 Å². The van der Waals surface area contributed by atoms with Gasteiger partial charge in [-0.2, -0.15) is 0 Å². The summed E-state index contributed by atoms with van der Waals surface area (Å²) >= 11 is 0. The van der Waals surface area contributed by atoms with Gasteiger partial charge in [-0.05, 0) is 85.4 Å². The van der Waals surface area contributed by atoms with Crippen molar-refractivity contribution in [3.8, 4) is 0 Å². The molecule has 0 spiro atoms. The van der Waals surface area contributed by atoms with Crippen molar-refractivity contribution in [3.63, 3.8) is 0 Å². The van der Waals surface area contributed by atoms with Crippen LogP contribution in [0.2, 0.25) is 0 Å². The average molecular weight is 1150 g/mol. The van der Waals surface area contributed by atoms with E-state index in [1.165, 1.54) is 27.8 Å². The Labute approximate surface area is 513 Å². The van der Waals surface area contributed by atoms with Gasteiger partial charge in [0, 0.05) is 58.6 Å². The van der Waals surface area contributed by atoms with Gasteiger partial charge in [-0.3, -0.25) is 29.0 Å². The van der Waals surface area contributed by atoms with E-state index in [2.05, 4.69) is 92.5 Å². The Morgan fingerprint density at radius 2 is 0.765 bits per heavy atom. The Morgan fingerprint density at radius 3 is 1.13 bits per heavy atom. The molecule has 7 rings (SSSR count). The van der Waals surface area contributed by atoms with Crippen LogP contribution < -0.4 is 0 Å². The lowest BCUT2D eigenvalue weighted by molar-refractivity contribution is -0.152. The molecule has 0 unspecified atom stereocenters. The molecule has 0 atom stereocenters. The molecule has 0 radical (unpaired) electrons. The first-order chi connectivity index (χ1) is 39.6. The number of aromatic nitrogens is 1. The molecule has 85 heavy (non-hydrogen) atoms. The number of hydrogen-bond acceptors (Lipinski definition) is 7. The largest absolute Gasteiger partial charge is 0.465 e. The lowest BCUT2D eigenvalue weighted by atomic mass is 9.80. The summed E-state index contributed by atoms with van der Waals surface area (Å²) in [5.74, 6) is 0.947. The van der Waals surface area contributed by atoms with Crippen molar-refractivity contribution in [3.05, 3.63) is 245 Å². The monoisotopic (exact) mass is 1150 g/mol. The van der Waals surface area contributed by atoms with Gasteiger partial charge in [-0.25, -0.2) is 0 Å². The van der Waals surface area contributed by atoms with Crippen molar-refractivity contribution in [2.45, 2.75) is 169 Å². The van der Waals surface area contributed by atoms with Crippen molar-refractivity contribution in [1.29, 1.82) is 0 Å². The van der Waals surface area contributed by atoms with E-state index in [-0.39, 0.29) is 45.1 Å². The number of carbonyl (C=O) groups excluding carboxylic acids is 5. The van der Waals surface area contributed by atoms with Gasteiger partial charge in [0.1, 0.15) is 17.3 Å². The number of aryl methyl sites for hydroxylation is 1. The third-order valence-electron chi connectivity index (χ3n) is 13.1. The predicted octanol–water partition coefficient (Wildman–Crippen LogP) is 19.8. The van der Waals surface area contributed by atoms with E-state index in [4.69, 9.17) is 4.74 Å². The summed E-state index contributed by atoms with van der Waals surface area (Å²) in [6.07, 6.45) is 6.79. The van der Waals surface area contributed by atoms with Crippen LogP contribution in [0.3, 0.4) is 0 Å². The summed E-state index contributed by atoms with van der Waals surface area (Å²) in [6.45, 7) is 36.2. The second-order valence-corrected chi connectivity index (χ2v) is 27.8. The van der Waals surface area contributed by atoms with Gasteiger partial charge in [0.15, 0.2) is 11.6 Å². The summed E-state index contributed by atoms with van der Waals surface area (Å²) in [5, 5.41) is 0. The maximum atomic E-state index is 12.4. The van der Waals surface area contributed by atoms with Crippen LogP contribution in [0.4, 0.5) is 0 Å². The minimum absolute atomic E-state index is 0.0862. The third kappa shape index (κ3) is 31.9. The zero-order chi connectivity index (χ0) is 63.9. The molecule has 0 N–H and O–H groups in total. The quantitative estimate of drug-likeness (QED) is 0.0788. The van der Waals surface area contributed by atoms with Crippen molar-refractivity contribution >= 4 is 29.1 Å². The molecule has 0 bridgehead atoms. The first-order valence-electron chi connectivity index (χ1n) is 30.1. The molecule has 1 heterocycles. The smallest absolute Gasteiger partial charge is 0.311 e. The summed E-state index contributed by atoms with van der Waals surface area (Å²) < 4.78 is 5.17. The number of carbonyl (C=O) groups is 5. The maximum absolute atomic E-state index is 12.4. The van der Waals surface area contributed by atoms with Crippen LogP contribution in [-0.2, 0) is 38.4 Å². The fraction of sp³-hybridized carbons (Fsp3) is 0.410. The number of esters is 1. The molecule has 7 aromatic rings. The summed E-state index contributed by atoms with van der Waals surface area (Å²) in [5.41, 5.74) is 6.60. The van der Waals surface area contributed by atoms with E-state index >= 15 is 0 Å². The van der Waals surface area contributed by atoms with Gasteiger partial charge in [0.2, 0.25) is 0 Å². The fourth-order valence-corrected chi connectivity index (χ4v) is 8.00. The third-order valence-corrected chi connectivity index (χ3v) is 13.1. The Hall–Kier alpha value is -7.38. The van der Waals surface area contributed by atoms with Gasteiger partial charge < -0.3 is 4.74 Å². The second-order valence-electron chi connectivity index (χ2n) is 27.8. The fourth-order valence-electron chi connectivity index (χ4n) is 8.00. The molecule has 0 aliphatic rings. The number of ether oxygens (including phenoxy) is 1. The minimum atomic E-state index is -0.406. The van der Waals surface area contributed by atoms with E-state index in [0.717, 1.165) is 31.2 Å². The highest BCUT2D eigenvalue weighted by atomic mass is 16.5. The SMILES string of the molecule is CC(C)(C)C(=O)CC(c1ccccc1)c1ccccc1.CC(C)(C)C(=O)CCCc1ccccc1.CC(C)(C)C(=O)OCCc1ccccc1.CC(C)(C)C(=O)c1ccccc1.CC(C)(C)C(=O)c1ccccn1.CC(C)(C)Cc1ccccc1. The summed E-state index contributed by atoms with van der Waals surface area (Å²) in [4.78, 5) is 62.8. The second kappa shape index (κ2) is 35.8. The van der Waals surface area contributed by atoms with E-state index < -0.39 is 5.41 Å². The molecule has 7 nitrogen and oxygen atoms in total. The van der Waals surface area contributed by atoms with Crippen LogP contribution in [0.15, 0.2) is 206 Å². The van der Waals surface area contributed by atoms with Gasteiger partial charge >= 0.3 is 5.97 Å². The average Bonchev–Trinajstić information content (AvgIpc) is 3.62. The minimum Gasteiger partial charge on any atom is -0.465 e. The van der Waals surface area contributed by atoms with E-state index in [1.54, 1.807) is 18.3 Å². The van der Waals surface area contributed by atoms with Gasteiger partial charge in [0.25, 0.3) is 0 Å². The number of pyridine rings is 1. The van der Waals surface area contributed by atoms with E-state index in [0.29, 0.717) is 42.1 Å². The lowest BCUT2D eigenvalue weighted by Crippen LogP contribution is -2.23. The standard InChI is InChI=1S/C19H22O.C14H20O.C13H18O2.C11H14O.C11H16.C10H13NO/c1-19(2,3)18(20)14-17(15-10-6-4-7-11-15)16-12-8-5-9-13-16;1-14(2,3)13(15)11-7-10-12-8-5-4-6-9-12;1-13(2,3)12(14)15-10-9-11-7-5-4-6-8-11;1-11(2,3)10(12)9-7-5-4-6-8-9;1-11(2,3)9-10-7-5-4-6-8-10;1-10(2,3)9(12)8-6-4-5-7-11-8/h4-13,17H,14H2,1-3H3;4-6,8-9H,7,10-11H2,1-3H3;4-8H,9-10H2,1-3H3;4-8H,1-3H3;4-8H,9H2,1-3H3;4-7H,1-3H3. The number of ketones is 4. The Morgan fingerprint density at radius 1 is 0.388 bits per heavy atom. The molecule has 0 saturated heterocycles. The highest BCUT2D eigenvalue weighted by molar-refractivity contribution is 5.99. The van der Waals surface area contributed by atoms with E-state index in [1.807, 2.05) is 225 Å². The molecule has 456 valence electrons.